The molecule has 0 aliphatic heterocycles. The third-order valence-corrected chi connectivity index (χ3v) is 3.95. The summed E-state index contributed by atoms with van der Waals surface area (Å²) in [6.07, 6.45) is 1.73. The van der Waals surface area contributed by atoms with Crippen molar-refractivity contribution in [3.8, 4) is 0 Å². The van der Waals surface area contributed by atoms with Crippen molar-refractivity contribution in [3.63, 3.8) is 0 Å². The second kappa shape index (κ2) is 3.96. The van der Waals surface area contributed by atoms with Crippen LogP contribution in [0.3, 0.4) is 0 Å². The quantitative estimate of drug-likeness (QED) is 0.758. The maximum absolute atomic E-state index is 11.8. The molecule has 0 fully saturated rings. The molecule has 0 amide bonds. The predicted molar refractivity (Wildman–Crippen MR) is 71.7 cm³/mol. The van der Waals surface area contributed by atoms with Gasteiger partial charge in [-0.1, -0.05) is 26.8 Å². The molecule has 0 saturated carbocycles. The van der Waals surface area contributed by atoms with Crippen LogP contribution in [-0.2, 0) is 14.5 Å². The molecule has 0 radical (unpaired) electrons. The molecule has 2 rings (SSSR count). The summed E-state index contributed by atoms with van der Waals surface area (Å²) >= 11 is 0. The Bertz CT molecular complexity index is 711. The molecule has 2 aromatic rings. The van der Waals surface area contributed by atoms with Crippen molar-refractivity contribution in [2.45, 2.75) is 38.1 Å². The van der Waals surface area contributed by atoms with Gasteiger partial charge in [-0.25, -0.2) is 13.4 Å². The number of nitrogens with zero attached hydrogens (tertiary/aromatic N) is 2. The van der Waals surface area contributed by atoms with Crippen molar-refractivity contribution < 1.29 is 8.42 Å². The summed E-state index contributed by atoms with van der Waals surface area (Å²) < 4.78 is 25.1. The Hall–Kier alpha value is -1.07. The van der Waals surface area contributed by atoms with Crippen molar-refractivity contribution in [3.05, 3.63) is 29.6 Å². The van der Waals surface area contributed by atoms with Crippen molar-refractivity contribution in [2.24, 2.45) is 0 Å². The second-order valence-corrected chi connectivity index (χ2v) is 7.87. The molecular formula is C12H15ClN2O2S. The third-order valence-electron chi connectivity index (χ3n) is 2.66. The molecule has 0 unspecified atom stereocenters. The average molecular weight is 287 g/mol. The Balaban J connectivity index is 2.96. The Labute approximate surface area is 111 Å². The van der Waals surface area contributed by atoms with Gasteiger partial charge in [0.05, 0.1) is 5.69 Å². The monoisotopic (exact) mass is 286 g/mol. The van der Waals surface area contributed by atoms with Gasteiger partial charge in [-0.05, 0) is 18.6 Å². The lowest BCUT2D eigenvalue weighted by molar-refractivity contribution is 0.547. The zero-order valence-corrected chi connectivity index (χ0v) is 12.3. The molecule has 2 heterocycles. The minimum Gasteiger partial charge on any atom is -0.289 e. The van der Waals surface area contributed by atoms with Gasteiger partial charge < -0.3 is 0 Å². The molecule has 4 nitrogen and oxygen atoms in total. The standard InChI is InChI=1S/C12H15ClN2O2S/c1-8-5-6-9-14-10(12(2,3)4)11(15(9)7-8)18(13,16)17/h5-7H,1-4H3. The molecule has 0 aromatic carbocycles. The largest absolute Gasteiger partial charge is 0.289 e. The predicted octanol–water partition coefficient (Wildman–Crippen LogP) is 2.87. The van der Waals surface area contributed by atoms with Gasteiger partial charge in [0.25, 0.3) is 9.05 Å². The Morgan fingerprint density at radius 1 is 1.28 bits per heavy atom. The number of aromatic nitrogens is 2. The number of imidazole rings is 1. The van der Waals surface area contributed by atoms with Gasteiger partial charge in [0.15, 0.2) is 5.03 Å². The van der Waals surface area contributed by atoms with Crippen molar-refractivity contribution in [1.82, 2.24) is 9.38 Å². The van der Waals surface area contributed by atoms with Crippen LogP contribution in [0.25, 0.3) is 5.65 Å². The summed E-state index contributed by atoms with van der Waals surface area (Å²) in [5, 5.41) is 0.0652. The van der Waals surface area contributed by atoms with Gasteiger partial charge in [-0.3, -0.25) is 4.40 Å². The molecule has 0 aliphatic carbocycles. The lowest BCUT2D eigenvalue weighted by Gasteiger charge is -2.16. The first-order valence-electron chi connectivity index (χ1n) is 5.54. The summed E-state index contributed by atoms with van der Waals surface area (Å²) in [6.45, 7) is 7.62. The second-order valence-electron chi connectivity index (χ2n) is 5.39. The maximum Gasteiger partial charge on any atom is 0.279 e. The van der Waals surface area contributed by atoms with E-state index in [1.165, 1.54) is 4.40 Å². The first-order valence-corrected chi connectivity index (χ1v) is 7.85. The first-order chi connectivity index (χ1) is 8.10. The van der Waals surface area contributed by atoms with E-state index in [0.29, 0.717) is 11.3 Å². The van der Waals surface area contributed by atoms with Gasteiger partial charge >= 0.3 is 0 Å². The normalized spacial score (nSPS) is 13.2. The van der Waals surface area contributed by atoms with Crippen molar-refractivity contribution in [1.29, 1.82) is 0 Å². The molecule has 0 aliphatic rings. The summed E-state index contributed by atoms with van der Waals surface area (Å²) in [6, 6.07) is 3.68. The minimum absolute atomic E-state index is 0.0652. The van der Waals surface area contributed by atoms with Crippen molar-refractivity contribution in [2.75, 3.05) is 0 Å². The average Bonchev–Trinajstić information content (AvgIpc) is 2.54. The molecule has 0 spiro atoms. The highest BCUT2D eigenvalue weighted by Crippen LogP contribution is 2.31. The van der Waals surface area contributed by atoms with Gasteiger partial charge in [-0.15, -0.1) is 0 Å². The van der Waals surface area contributed by atoms with E-state index >= 15 is 0 Å². The van der Waals surface area contributed by atoms with E-state index in [-0.39, 0.29) is 5.03 Å². The van der Waals surface area contributed by atoms with E-state index in [1.54, 1.807) is 12.3 Å². The van der Waals surface area contributed by atoms with Crippen LogP contribution < -0.4 is 0 Å². The number of halogens is 1. The molecule has 0 bridgehead atoms. The van der Waals surface area contributed by atoms with Crippen LogP contribution >= 0.6 is 10.7 Å². The van der Waals surface area contributed by atoms with Crippen LogP contribution in [0.1, 0.15) is 32.0 Å². The highest BCUT2D eigenvalue weighted by Gasteiger charge is 2.30. The van der Waals surface area contributed by atoms with Gasteiger partial charge in [0.2, 0.25) is 0 Å². The molecule has 0 saturated heterocycles. The number of hydrogen-bond acceptors (Lipinski definition) is 3. The minimum atomic E-state index is -3.84. The number of aryl methyl sites for hydroxylation is 1. The van der Waals surface area contributed by atoms with E-state index < -0.39 is 14.5 Å². The molecule has 2 aromatic heterocycles. The zero-order chi connectivity index (χ0) is 13.7. The van der Waals surface area contributed by atoms with Gasteiger partial charge in [0.1, 0.15) is 5.65 Å². The van der Waals surface area contributed by atoms with E-state index in [9.17, 15) is 8.42 Å². The van der Waals surface area contributed by atoms with Crippen molar-refractivity contribution >= 4 is 25.4 Å². The molecular weight excluding hydrogens is 272 g/mol. The van der Waals surface area contributed by atoms with E-state index in [1.807, 2.05) is 33.8 Å². The fourth-order valence-corrected chi connectivity index (χ4v) is 3.26. The molecule has 18 heavy (non-hydrogen) atoms. The number of pyridine rings is 1. The maximum atomic E-state index is 11.8. The van der Waals surface area contributed by atoms with Crippen LogP contribution in [-0.4, -0.2) is 17.8 Å². The Kier molecular flexibility index (Phi) is 2.94. The topological polar surface area (TPSA) is 51.4 Å². The Morgan fingerprint density at radius 3 is 2.39 bits per heavy atom. The zero-order valence-electron chi connectivity index (χ0n) is 10.7. The highest BCUT2D eigenvalue weighted by molar-refractivity contribution is 8.13. The lowest BCUT2D eigenvalue weighted by Crippen LogP contribution is -2.16. The molecule has 98 valence electrons. The van der Waals surface area contributed by atoms with Gasteiger partial charge in [-0.2, -0.15) is 0 Å². The number of hydrogen-bond donors (Lipinski definition) is 0. The molecule has 0 N–H and O–H groups in total. The van der Waals surface area contributed by atoms with Crippen LogP contribution in [0.4, 0.5) is 0 Å². The number of fused-ring (bicyclic) bond motifs is 1. The lowest BCUT2D eigenvalue weighted by atomic mass is 9.93. The summed E-state index contributed by atoms with van der Waals surface area (Å²) in [5.74, 6) is 0. The smallest absolute Gasteiger partial charge is 0.279 e. The summed E-state index contributed by atoms with van der Waals surface area (Å²) in [5.41, 5.74) is 1.63. The fourth-order valence-electron chi connectivity index (χ4n) is 1.85. The third kappa shape index (κ3) is 2.24. The van der Waals surface area contributed by atoms with E-state index in [2.05, 4.69) is 4.98 Å². The number of rotatable bonds is 1. The first kappa shape index (κ1) is 13.4. The Morgan fingerprint density at radius 2 is 1.89 bits per heavy atom. The van der Waals surface area contributed by atoms with E-state index in [4.69, 9.17) is 10.7 Å². The molecule has 0 atom stereocenters. The van der Waals surface area contributed by atoms with Gasteiger partial charge in [0, 0.05) is 22.3 Å². The van der Waals surface area contributed by atoms with Crippen LogP contribution in [0.2, 0.25) is 0 Å². The van der Waals surface area contributed by atoms with Crippen LogP contribution in [0, 0.1) is 6.92 Å². The fraction of sp³-hybridized carbons (Fsp3) is 0.417. The molecule has 6 heteroatoms. The van der Waals surface area contributed by atoms with Crippen LogP contribution in [0.5, 0.6) is 0 Å². The SMILES string of the molecule is Cc1ccc2nc(C(C)(C)C)c(S(=O)(=O)Cl)n2c1. The van der Waals surface area contributed by atoms with E-state index in [0.717, 1.165) is 5.56 Å². The summed E-state index contributed by atoms with van der Waals surface area (Å²) in [4.78, 5) is 4.39. The highest BCUT2D eigenvalue weighted by atomic mass is 35.7. The van der Waals surface area contributed by atoms with Crippen LogP contribution in [0.15, 0.2) is 23.4 Å². The summed E-state index contributed by atoms with van der Waals surface area (Å²) in [7, 11) is 1.71.